The lowest BCUT2D eigenvalue weighted by molar-refractivity contribution is 0.0595. The van der Waals surface area contributed by atoms with Crippen molar-refractivity contribution in [2.75, 3.05) is 19.5 Å². The van der Waals surface area contributed by atoms with Gasteiger partial charge in [-0.3, -0.25) is 4.98 Å². The Hall–Kier alpha value is -3.28. The van der Waals surface area contributed by atoms with Crippen LogP contribution in [0, 0.1) is 5.82 Å². The molecule has 0 atom stereocenters. The molecule has 0 saturated carbocycles. The van der Waals surface area contributed by atoms with Crippen molar-refractivity contribution in [1.29, 1.82) is 0 Å². The van der Waals surface area contributed by atoms with E-state index in [1.807, 2.05) is 25.1 Å². The van der Waals surface area contributed by atoms with E-state index in [-0.39, 0.29) is 5.56 Å². The van der Waals surface area contributed by atoms with E-state index in [0.717, 1.165) is 34.6 Å². The number of carbonyl (C=O) groups excluding carboxylic acids is 1. The summed E-state index contributed by atoms with van der Waals surface area (Å²) in [6.07, 6.45) is 4.20. The van der Waals surface area contributed by atoms with Crippen LogP contribution in [0.2, 0.25) is 0 Å². The van der Waals surface area contributed by atoms with Crippen LogP contribution in [0.3, 0.4) is 0 Å². The second-order valence-corrected chi connectivity index (χ2v) is 5.90. The number of hydrogen-bond acceptors (Lipinski definition) is 5. The second-order valence-electron chi connectivity index (χ2n) is 5.90. The molecule has 27 heavy (non-hydrogen) atoms. The predicted octanol–water partition coefficient (Wildman–Crippen LogP) is 4.34. The molecule has 2 heterocycles. The van der Waals surface area contributed by atoms with Crippen molar-refractivity contribution in [3.63, 3.8) is 0 Å². The number of carbonyl (C=O) groups is 1. The lowest BCUT2D eigenvalue weighted by Gasteiger charge is -2.14. The fourth-order valence-corrected chi connectivity index (χ4v) is 2.98. The molecule has 1 N–H and O–H groups in total. The maximum Gasteiger partial charge on any atom is 0.340 e. The second kappa shape index (κ2) is 7.95. The highest BCUT2D eigenvalue weighted by molar-refractivity contribution is 5.91. The van der Waals surface area contributed by atoms with E-state index in [4.69, 9.17) is 0 Å². The number of ether oxygens (including phenoxy) is 1. The summed E-state index contributed by atoms with van der Waals surface area (Å²) in [7, 11) is 3.03. The Labute approximate surface area is 157 Å². The van der Waals surface area contributed by atoms with Gasteiger partial charge >= 0.3 is 5.97 Å². The van der Waals surface area contributed by atoms with Crippen LogP contribution in [0.15, 0.2) is 48.8 Å². The first-order valence-corrected chi connectivity index (χ1v) is 8.59. The highest BCUT2D eigenvalue weighted by Gasteiger charge is 2.17. The molecule has 5 nitrogen and oxygen atoms in total. The molecule has 138 valence electrons. The molecular formula is C21H20FN3O2. The van der Waals surface area contributed by atoms with E-state index in [0.29, 0.717) is 5.56 Å². The standard InChI is InChI=1S/C21H20FN3O2/c1-4-18-20(14-6-8-19(23-2)25-12-14)15(9-10-24-18)13-5-7-16(17(22)11-13)21(26)27-3/h5-12H,4H2,1-3H3,(H,23,25). The van der Waals surface area contributed by atoms with Gasteiger partial charge in [0.05, 0.1) is 12.7 Å². The number of anilines is 1. The van der Waals surface area contributed by atoms with Gasteiger partial charge in [-0.1, -0.05) is 13.0 Å². The Morgan fingerprint density at radius 1 is 1.15 bits per heavy atom. The number of nitrogens with zero attached hydrogens (tertiary/aromatic N) is 2. The van der Waals surface area contributed by atoms with E-state index in [1.54, 1.807) is 25.5 Å². The van der Waals surface area contributed by atoms with E-state index < -0.39 is 11.8 Å². The number of hydrogen-bond donors (Lipinski definition) is 1. The van der Waals surface area contributed by atoms with Crippen molar-refractivity contribution in [3.8, 4) is 22.3 Å². The Morgan fingerprint density at radius 2 is 1.93 bits per heavy atom. The zero-order valence-corrected chi connectivity index (χ0v) is 15.4. The molecule has 0 bridgehead atoms. The van der Waals surface area contributed by atoms with Crippen LogP contribution in [0.1, 0.15) is 23.0 Å². The number of benzene rings is 1. The Morgan fingerprint density at radius 3 is 2.52 bits per heavy atom. The Kier molecular flexibility index (Phi) is 5.45. The molecule has 0 fully saturated rings. The number of aryl methyl sites for hydroxylation is 1. The quantitative estimate of drug-likeness (QED) is 0.682. The zero-order chi connectivity index (χ0) is 19.4. The van der Waals surface area contributed by atoms with E-state index in [2.05, 4.69) is 20.0 Å². The van der Waals surface area contributed by atoms with Crippen LogP contribution in [-0.2, 0) is 11.2 Å². The average molecular weight is 365 g/mol. The summed E-state index contributed by atoms with van der Waals surface area (Å²) in [5, 5.41) is 2.99. The Balaban J connectivity index is 2.16. The highest BCUT2D eigenvalue weighted by atomic mass is 19.1. The van der Waals surface area contributed by atoms with Crippen molar-refractivity contribution in [2.24, 2.45) is 0 Å². The number of aromatic nitrogens is 2. The van der Waals surface area contributed by atoms with Crippen LogP contribution in [0.5, 0.6) is 0 Å². The number of methoxy groups -OCH3 is 1. The predicted molar refractivity (Wildman–Crippen MR) is 103 cm³/mol. The Bertz CT molecular complexity index is 972. The lowest BCUT2D eigenvalue weighted by Crippen LogP contribution is -2.04. The minimum atomic E-state index is -0.699. The van der Waals surface area contributed by atoms with Crippen molar-refractivity contribution in [2.45, 2.75) is 13.3 Å². The maximum absolute atomic E-state index is 14.5. The fraction of sp³-hybridized carbons (Fsp3) is 0.190. The van der Waals surface area contributed by atoms with E-state index in [9.17, 15) is 9.18 Å². The summed E-state index contributed by atoms with van der Waals surface area (Å²) in [6, 6.07) is 10.2. The van der Waals surface area contributed by atoms with Crippen LogP contribution >= 0.6 is 0 Å². The van der Waals surface area contributed by atoms with Gasteiger partial charge in [0, 0.05) is 36.3 Å². The lowest BCUT2D eigenvalue weighted by atomic mass is 9.93. The molecule has 0 aliphatic heterocycles. The van der Waals surface area contributed by atoms with Crippen LogP contribution in [0.4, 0.5) is 10.2 Å². The molecule has 0 amide bonds. The minimum absolute atomic E-state index is 0.0902. The number of rotatable bonds is 5. The van der Waals surface area contributed by atoms with Crippen LogP contribution < -0.4 is 5.32 Å². The molecule has 0 radical (unpaired) electrons. The summed E-state index contributed by atoms with van der Waals surface area (Å²) in [6.45, 7) is 2.02. The van der Waals surface area contributed by atoms with Gasteiger partial charge in [0.15, 0.2) is 0 Å². The topological polar surface area (TPSA) is 64.1 Å². The number of nitrogens with one attached hydrogen (secondary N) is 1. The first-order valence-electron chi connectivity index (χ1n) is 8.59. The van der Waals surface area contributed by atoms with Gasteiger partial charge in [-0.2, -0.15) is 0 Å². The molecule has 0 spiro atoms. The normalized spacial score (nSPS) is 10.5. The molecule has 6 heteroatoms. The van der Waals surface area contributed by atoms with Crippen LogP contribution in [-0.4, -0.2) is 30.1 Å². The van der Waals surface area contributed by atoms with E-state index in [1.165, 1.54) is 19.2 Å². The molecule has 0 aliphatic rings. The molecular weight excluding hydrogens is 345 g/mol. The third kappa shape index (κ3) is 3.65. The minimum Gasteiger partial charge on any atom is -0.465 e. The highest BCUT2D eigenvalue weighted by Crippen LogP contribution is 2.35. The van der Waals surface area contributed by atoms with Gasteiger partial charge in [-0.05, 0) is 47.9 Å². The third-order valence-electron chi connectivity index (χ3n) is 4.36. The first-order chi connectivity index (χ1) is 13.1. The summed E-state index contributed by atoms with van der Waals surface area (Å²) in [5.74, 6) is -0.561. The average Bonchev–Trinajstić information content (AvgIpc) is 2.72. The van der Waals surface area contributed by atoms with Gasteiger partial charge < -0.3 is 10.1 Å². The summed E-state index contributed by atoms with van der Waals surface area (Å²) >= 11 is 0. The number of pyridine rings is 2. The first kappa shape index (κ1) is 18.5. The van der Waals surface area contributed by atoms with Crippen molar-refractivity contribution >= 4 is 11.8 Å². The summed E-state index contributed by atoms with van der Waals surface area (Å²) in [5.41, 5.74) is 4.09. The van der Waals surface area contributed by atoms with Crippen LogP contribution in [0.25, 0.3) is 22.3 Å². The SMILES string of the molecule is CCc1nccc(-c2ccc(C(=O)OC)c(F)c2)c1-c1ccc(NC)nc1. The van der Waals surface area contributed by atoms with Gasteiger partial charge in [0.25, 0.3) is 0 Å². The van der Waals surface area contributed by atoms with Crippen molar-refractivity contribution < 1.29 is 13.9 Å². The molecule has 3 aromatic rings. The smallest absolute Gasteiger partial charge is 0.340 e. The molecule has 3 rings (SSSR count). The largest absolute Gasteiger partial charge is 0.465 e. The number of esters is 1. The molecule has 0 unspecified atom stereocenters. The maximum atomic E-state index is 14.5. The summed E-state index contributed by atoms with van der Waals surface area (Å²) < 4.78 is 19.1. The third-order valence-corrected chi connectivity index (χ3v) is 4.36. The number of halogens is 1. The van der Waals surface area contributed by atoms with Crippen molar-refractivity contribution in [1.82, 2.24) is 9.97 Å². The monoisotopic (exact) mass is 365 g/mol. The van der Waals surface area contributed by atoms with Gasteiger partial charge in [0.2, 0.25) is 0 Å². The molecule has 0 aliphatic carbocycles. The molecule has 1 aromatic carbocycles. The molecule has 0 saturated heterocycles. The van der Waals surface area contributed by atoms with Crippen molar-refractivity contribution in [3.05, 3.63) is 65.9 Å². The van der Waals surface area contributed by atoms with Gasteiger partial charge in [-0.15, -0.1) is 0 Å². The van der Waals surface area contributed by atoms with Gasteiger partial charge in [-0.25, -0.2) is 14.2 Å². The van der Waals surface area contributed by atoms with E-state index >= 15 is 0 Å². The molecule has 2 aromatic heterocycles. The van der Waals surface area contributed by atoms with Gasteiger partial charge in [0.1, 0.15) is 11.6 Å². The fourth-order valence-electron chi connectivity index (χ4n) is 2.98. The zero-order valence-electron chi connectivity index (χ0n) is 15.4. The summed E-state index contributed by atoms with van der Waals surface area (Å²) in [4.78, 5) is 20.5.